The van der Waals surface area contributed by atoms with Crippen LogP contribution in [-0.4, -0.2) is 23.6 Å². The molecule has 1 aromatic carbocycles. The number of amides is 1. The molecule has 3 heterocycles. The van der Waals surface area contributed by atoms with E-state index >= 15 is 0 Å². The lowest BCUT2D eigenvalue weighted by molar-refractivity contribution is 0.0949. The van der Waals surface area contributed by atoms with E-state index in [0.29, 0.717) is 17.1 Å². The molecule has 0 atom stereocenters. The topological polar surface area (TPSA) is 54.3 Å². The Bertz CT molecular complexity index is 976. The highest BCUT2D eigenvalue weighted by Crippen LogP contribution is 2.32. The van der Waals surface area contributed by atoms with Crippen LogP contribution in [0.2, 0.25) is 5.02 Å². The Kier molecular flexibility index (Phi) is 4.79. The molecule has 2 aromatic rings. The Morgan fingerprint density at radius 3 is 2.74 bits per heavy atom. The predicted octanol–water partition coefficient (Wildman–Crippen LogP) is 3.45. The number of benzene rings is 1. The second kappa shape index (κ2) is 7.24. The molecule has 140 valence electrons. The maximum absolute atomic E-state index is 13.0. The van der Waals surface area contributed by atoms with E-state index < -0.39 is 0 Å². The standard InChI is InChI=1S/C21H22ClN3O2/c1-2-3-15-10-17-19(26)18(13-25-9-8-24(12-15)21(17)25)20(27)23-11-14-4-6-16(22)7-5-14/h4-7,10,13H,2-3,8-9,11-12H2,1H3,(H,23,27). The third-order valence-electron chi connectivity index (χ3n) is 5.12. The Balaban J connectivity index is 1.63. The van der Waals surface area contributed by atoms with Gasteiger partial charge in [0, 0.05) is 37.4 Å². The second-order valence-corrected chi connectivity index (χ2v) is 7.52. The maximum Gasteiger partial charge on any atom is 0.257 e. The molecule has 0 radical (unpaired) electrons. The lowest BCUT2D eigenvalue weighted by Gasteiger charge is -2.26. The van der Waals surface area contributed by atoms with Gasteiger partial charge < -0.3 is 14.8 Å². The van der Waals surface area contributed by atoms with E-state index in [1.165, 1.54) is 5.57 Å². The van der Waals surface area contributed by atoms with Crippen LogP contribution >= 0.6 is 11.6 Å². The average Bonchev–Trinajstić information content (AvgIpc) is 3.07. The molecule has 1 N–H and O–H groups in total. The molecule has 1 amide bonds. The summed E-state index contributed by atoms with van der Waals surface area (Å²) in [5.74, 6) is 0.616. The molecule has 0 spiro atoms. The Labute approximate surface area is 163 Å². The number of hydrogen-bond donors (Lipinski definition) is 1. The van der Waals surface area contributed by atoms with Crippen LogP contribution in [0.15, 0.2) is 40.8 Å². The van der Waals surface area contributed by atoms with E-state index in [1.807, 2.05) is 22.8 Å². The summed E-state index contributed by atoms with van der Waals surface area (Å²) in [6.45, 7) is 5.05. The van der Waals surface area contributed by atoms with Crippen LogP contribution in [-0.2, 0) is 13.1 Å². The van der Waals surface area contributed by atoms with Gasteiger partial charge in [-0.15, -0.1) is 0 Å². The van der Waals surface area contributed by atoms with Gasteiger partial charge in [0.15, 0.2) is 0 Å². The highest BCUT2D eigenvalue weighted by molar-refractivity contribution is 6.30. The number of carbonyl (C=O) groups is 1. The zero-order valence-electron chi connectivity index (χ0n) is 15.3. The summed E-state index contributed by atoms with van der Waals surface area (Å²) in [6.07, 6.45) is 5.72. The molecule has 5 nitrogen and oxygen atoms in total. The van der Waals surface area contributed by atoms with Crippen molar-refractivity contribution in [1.29, 1.82) is 0 Å². The molecule has 2 aliphatic rings. The summed E-state index contributed by atoms with van der Waals surface area (Å²) in [6, 6.07) is 7.29. The molecule has 0 aliphatic carbocycles. The molecule has 0 unspecified atom stereocenters. The predicted molar refractivity (Wildman–Crippen MR) is 108 cm³/mol. The monoisotopic (exact) mass is 383 g/mol. The van der Waals surface area contributed by atoms with Gasteiger partial charge in [-0.2, -0.15) is 0 Å². The van der Waals surface area contributed by atoms with Gasteiger partial charge in [0.2, 0.25) is 5.43 Å². The van der Waals surface area contributed by atoms with Crippen molar-refractivity contribution in [2.45, 2.75) is 32.9 Å². The first-order valence-electron chi connectivity index (χ1n) is 9.31. The number of nitrogens with zero attached hydrogens (tertiary/aromatic N) is 2. The molecule has 0 saturated heterocycles. The van der Waals surface area contributed by atoms with Crippen molar-refractivity contribution in [2.24, 2.45) is 0 Å². The Hall–Kier alpha value is -2.53. The van der Waals surface area contributed by atoms with Crippen molar-refractivity contribution in [1.82, 2.24) is 9.88 Å². The van der Waals surface area contributed by atoms with Crippen molar-refractivity contribution in [3.05, 3.63) is 68.0 Å². The quantitative estimate of drug-likeness (QED) is 0.860. The normalized spacial score (nSPS) is 14.7. The van der Waals surface area contributed by atoms with Gasteiger partial charge >= 0.3 is 0 Å². The molecule has 1 aromatic heterocycles. The molecular formula is C21H22ClN3O2. The number of halogens is 1. The Morgan fingerprint density at radius 1 is 1.22 bits per heavy atom. The summed E-state index contributed by atoms with van der Waals surface area (Å²) in [5.41, 5.74) is 2.87. The molecule has 2 aliphatic heterocycles. The fraction of sp³-hybridized carbons (Fsp3) is 0.333. The van der Waals surface area contributed by atoms with Crippen molar-refractivity contribution in [2.75, 3.05) is 18.0 Å². The van der Waals surface area contributed by atoms with Gasteiger partial charge in [-0.1, -0.05) is 42.7 Å². The third-order valence-corrected chi connectivity index (χ3v) is 5.37. The Morgan fingerprint density at radius 2 is 2.00 bits per heavy atom. The van der Waals surface area contributed by atoms with E-state index in [1.54, 1.807) is 18.3 Å². The molecule has 27 heavy (non-hydrogen) atoms. The lowest BCUT2D eigenvalue weighted by Crippen LogP contribution is -2.33. The maximum atomic E-state index is 13.0. The first-order chi connectivity index (χ1) is 13.1. The van der Waals surface area contributed by atoms with Crippen molar-refractivity contribution >= 4 is 29.4 Å². The highest BCUT2D eigenvalue weighted by atomic mass is 35.5. The summed E-state index contributed by atoms with van der Waals surface area (Å²) >= 11 is 5.89. The van der Waals surface area contributed by atoms with E-state index in [9.17, 15) is 9.59 Å². The van der Waals surface area contributed by atoms with Gasteiger partial charge in [0.1, 0.15) is 11.4 Å². The fourth-order valence-electron chi connectivity index (χ4n) is 3.83. The van der Waals surface area contributed by atoms with E-state index in [2.05, 4.69) is 17.1 Å². The second-order valence-electron chi connectivity index (χ2n) is 7.09. The number of carbonyl (C=O) groups excluding carboxylic acids is 1. The van der Waals surface area contributed by atoms with Crippen molar-refractivity contribution in [3.8, 4) is 0 Å². The number of anilines is 1. The van der Waals surface area contributed by atoms with Crippen LogP contribution in [0.5, 0.6) is 0 Å². The average molecular weight is 384 g/mol. The third kappa shape index (κ3) is 3.39. The summed E-state index contributed by atoms with van der Waals surface area (Å²) < 4.78 is 2.03. The molecule has 6 heteroatoms. The smallest absolute Gasteiger partial charge is 0.257 e. The number of pyridine rings is 1. The van der Waals surface area contributed by atoms with Gasteiger partial charge in [0.05, 0.1) is 5.56 Å². The number of nitrogens with one attached hydrogen (secondary N) is 1. The minimum absolute atomic E-state index is 0.185. The van der Waals surface area contributed by atoms with Crippen molar-refractivity contribution < 1.29 is 4.79 Å². The lowest BCUT2D eigenvalue weighted by atomic mass is 10.0. The molecular weight excluding hydrogens is 362 g/mol. The van der Waals surface area contributed by atoms with Gasteiger partial charge in [0.25, 0.3) is 5.91 Å². The van der Waals surface area contributed by atoms with Crippen LogP contribution in [0.1, 0.15) is 41.3 Å². The summed E-state index contributed by atoms with van der Waals surface area (Å²) in [7, 11) is 0. The van der Waals surface area contributed by atoms with Crippen LogP contribution < -0.4 is 15.6 Å². The largest absolute Gasteiger partial charge is 0.352 e. The zero-order valence-corrected chi connectivity index (χ0v) is 16.1. The molecule has 4 rings (SSSR count). The molecule has 0 fully saturated rings. The highest BCUT2D eigenvalue weighted by Gasteiger charge is 2.29. The van der Waals surface area contributed by atoms with Crippen LogP contribution in [0.4, 0.5) is 5.82 Å². The minimum atomic E-state index is -0.337. The van der Waals surface area contributed by atoms with Crippen LogP contribution in [0.3, 0.4) is 0 Å². The number of rotatable bonds is 5. The van der Waals surface area contributed by atoms with Crippen LogP contribution in [0, 0.1) is 0 Å². The van der Waals surface area contributed by atoms with E-state index in [0.717, 1.165) is 43.9 Å². The van der Waals surface area contributed by atoms with E-state index in [4.69, 9.17) is 11.6 Å². The van der Waals surface area contributed by atoms with Gasteiger partial charge in [-0.05, 0) is 30.2 Å². The summed E-state index contributed by atoms with van der Waals surface area (Å²) in [5, 5.41) is 3.51. The fourth-order valence-corrected chi connectivity index (χ4v) is 3.95. The number of aromatic nitrogens is 1. The van der Waals surface area contributed by atoms with Crippen LogP contribution in [0.25, 0.3) is 6.08 Å². The van der Waals surface area contributed by atoms with E-state index in [-0.39, 0.29) is 16.9 Å². The first-order valence-corrected chi connectivity index (χ1v) is 9.69. The SMILES string of the molecule is CCCC1=Cc2c3n(cc(C(=O)NCc4ccc(Cl)cc4)c2=O)CCN3C1. The zero-order chi connectivity index (χ0) is 19.0. The van der Waals surface area contributed by atoms with Gasteiger partial charge in [-0.3, -0.25) is 9.59 Å². The molecule has 0 saturated carbocycles. The first kappa shape index (κ1) is 17.9. The molecule has 0 bridgehead atoms. The summed E-state index contributed by atoms with van der Waals surface area (Å²) in [4.78, 5) is 28.0. The minimum Gasteiger partial charge on any atom is -0.352 e. The number of hydrogen-bond acceptors (Lipinski definition) is 3. The van der Waals surface area contributed by atoms with Gasteiger partial charge in [-0.25, -0.2) is 0 Å². The van der Waals surface area contributed by atoms with Crippen molar-refractivity contribution in [3.63, 3.8) is 0 Å².